The molecule has 1 aliphatic rings. The average molecular weight is 196 g/mol. The van der Waals surface area contributed by atoms with Gasteiger partial charge in [0.05, 0.1) is 12.7 Å². The lowest BCUT2D eigenvalue weighted by atomic mass is 10.2. The van der Waals surface area contributed by atoms with Crippen LogP contribution in [0.1, 0.15) is 37.5 Å². The van der Waals surface area contributed by atoms with Crippen LogP contribution in [0.3, 0.4) is 0 Å². The standard InChI is InChI=1S/C10H16N2O2/c1-2-11-7-10-12-6-9(14-10)8-4-3-5-13-8/h6,8,11H,2-5,7H2,1H3. The van der Waals surface area contributed by atoms with Crippen molar-refractivity contribution in [1.29, 1.82) is 0 Å². The summed E-state index contributed by atoms with van der Waals surface area (Å²) in [5.41, 5.74) is 0. The monoisotopic (exact) mass is 196 g/mol. The number of oxazole rings is 1. The van der Waals surface area contributed by atoms with Crippen molar-refractivity contribution in [3.63, 3.8) is 0 Å². The highest BCUT2D eigenvalue weighted by atomic mass is 16.5. The molecule has 1 aromatic rings. The largest absolute Gasteiger partial charge is 0.442 e. The van der Waals surface area contributed by atoms with E-state index in [1.165, 1.54) is 0 Å². The quantitative estimate of drug-likeness (QED) is 0.795. The van der Waals surface area contributed by atoms with Gasteiger partial charge < -0.3 is 14.5 Å². The molecule has 14 heavy (non-hydrogen) atoms. The normalized spacial score (nSPS) is 21.6. The Morgan fingerprint density at radius 3 is 3.29 bits per heavy atom. The third-order valence-electron chi connectivity index (χ3n) is 2.34. The third kappa shape index (κ3) is 2.13. The summed E-state index contributed by atoms with van der Waals surface area (Å²) in [6.07, 6.45) is 4.09. The highest BCUT2D eigenvalue weighted by molar-refractivity contribution is 4.99. The minimum Gasteiger partial charge on any atom is -0.442 e. The van der Waals surface area contributed by atoms with Gasteiger partial charge in [-0.25, -0.2) is 4.98 Å². The second kappa shape index (κ2) is 4.57. The SMILES string of the molecule is CCNCc1ncc(C2CCCO2)o1. The maximum atomic E-state index is 5.57. The Labute approximate surface area is 83.7 Å². The van der Waals surface area contributed by atoms with E-state index in [-0.39, 0.29) is 6.10 Å². The van der Waals surface area contributed by atoms with E-state index in [4.69, 9.17) is 9.15 Å². The first-order valence-corrected chi connectivity index (χ1v) is 5.17. The first-order chi connectivity index (χ1) is 6.90. The Kier molecular flexibility index (Phi) is 3.16. The molecular formula is C10H16N2O2. The van der Waals surface area contributed by atoms with Crippen molar-refractivity contribution in [1.82, 2.24) is 10.3 Å². The Bertz CT molecular complexity index is 279. The first-order valence-electron chi connectivity index (χ1n) is 5.17. The van der Waals surface area contributed by atoms with Crippen molar-refractivity contribution in [3.05, 3.63) is 17.8 Å². The summed E-state index contributed by atoms with van der Waals surface area (Å²) in [7, 11) is 0. The molecular weight excluding hydrogens is 180 g/mol. The predicted octanol–water partition coefficient (Wildman–Crippen LogP) is 1.64. The molecule has 0 saturated carbocycles. The molecule has 2 heterocycles. The van der Waals surface area contributed by atoms with E-state index in [9.17, 15) is 0 Å². The van der Waals surface area contributed by atoms with Crippen molar-refractivity contribution >= 4 is 0 Å². The van der Waals surface area contributed by atoms with Crippen molar-refractivity contribution in [2.45, 2.75) is 32.4 Å². The summed E-state index contributed by atoms with van der Waals surface area (Å²) in [6, 6.07) is 0. The zero-order valence-corrected chi connectivity index (χ0v) is 8.45. The van der Waals surface area contributed by atoms with Gasteiger partial charge in [-0.3, -0.25) is 0 Å². The Balaban J connectivity index is 1.94. The van der Waals surface area contributed by atoms with E-state index in [1.54, 1.807) is 6.20 Å². The molecule has 1 aromatic heterocycles. The van der Waals surface area contributed by atoms with Crippen LogP contribution in [0.4, 0.5) is 0 Å². The fourth-order valence-corrected chi connectivity index (χ4v) is 1.59. The van der Waals surface area contributed by atoms with Gasteiger partial charge in [-0.1, -0.05) is 6.92 Å². The van der Waals surface area contributed by atoms with Crippen molar-refractivity contribution in [2.24, 2.45) is 0 Å². The fraction of sp³-hybridized carbons (Fsp3) is 0.700. The molecule has 0 radical (unpaired) electrons. The average Bonchev–Trinajstić information content (AvgIpc) is 2.85. The highest BCUT2D eigenvalue weighted by Crippen LogP contribution is 2.28. The maximum absolute atomic E-state index is 5.57. The zero-order chi connectivity index (χ0) is 9.80. The van der Waals surface area contributed by atoms with E-state index < -0.39 is 0 Å². The molecule has 1 saturated heterocycles. The van der Waals surface area contributed by atoms with E-state index >= 15 is 0 Å². The highest BCUT2D eigenvalue weighted by Gasteiger charge is 2.21. The van der Waals surface area contributed by atoms with Crippen LogP contribution in [0.25, 0.3) is 0 Å². The summed E-state index contributed by atoms with van der Waals surface area (Å²) in [5, 5.41) is 3.17. The minimum atomic E-state index is 0.137. The first kappa shape index (κ1) is 9.68. The van der Waals surface area contributed by atoms with Gasteiger partial charge in [0, 0.05) is 6.61 Å². The lowest BCUT2D eigenvalue weighted by molar-refractivity contribution is 0.0923. The molecule has 1 unspecified atom stereocenters. The van der Waals surface area contributed by atoms with Crippen molar-refractivity contribution < 1.29 is 9.15 Å². The molecule has 0 aromatic carbocycles. The molecule has 78 valence electrons. The molecule has 2 rings (SSSR count). The van der Waals surface area contributed by atoms with Gasteiger partial charge in [0.2, 0.25) is 5.89 Å². The molecule has 1 fully saturated rings. The van der Waals surface area contributed by atoms with Crippen LogP contribution in [-0.4, -0.2) is 18.1 Å². The van der Waals surface area contributed by atoms with Gasteiger partial charge in [0.15, 0.2) is 5.76 Å². The Morgan fingerprint density at radius 1 is 1.64 bits per heavy atom. The summed E-state index contributed by atoms with van der Waals surface area (Å²) in [6.45, 7) is 4.53. The molecule has 0 bridgehead atoms. The van der Waals surface area contributed by atoms with E-state index in [0.717, 1.165) is 37.6 Å². The number of ether oxygens (including phenoxy) is 1. The van der Waals surface area contributed by atoms with Gasteiger partial charge in [-0.2, -0.15) is 0 Å². The molecule has 0 amide bonds. The summed E-state index contributed by atoms with van der Waals surface area (Å²) >= 11 is 0. The smallest absolute Gasteiger partial charge is 0.208 e. The van der Waals surface area contributed by atoms with Gasteiger partial charge in [-0.15, -0.1) is 0 Å². The predicted molar refractivity (Wildman–Crippen MR) is 51.8 cm³/mol. The summed E-state index contributed by atoms with van der Waals surface area (Å²) in [5.74, 6) is 1.62. The van der Waals surface area contributed by atoms with Crippen LogP contribution in [0.2, 0.25) is 0 Å². The topological polar surface area (TPSA) is 47.3 Å². The molecule has 0 spiro atoms. The third-order valence-corrected chi connectivity index (χ3v) is 2.34. The van der Waals surface area contributed by atoms with E-state index in [0.29, 0.717) is 6.54 Å². The molecule has 0 aliphatic carbocycles. The fourth-order valence-electron chi connectivity index (χ4n) is 1.59. The summed E-state index contributed by atoms with van der Waals surface area (Å²) < 4.78 is 11.1. The summed E-state index contributed by atoms with van der Waals surface area (Å²) in [4.78, 5) is 4.19. The zero-order valence-electron chi connectivity index (χ0n) is 8.45. The number of rotatable bonds is 4. The number of nitrogens with one attached hydrogen (secondary N) is 1. The van der Waals surface area contributed by atoms with E-state index in [1.807, 2.05) is 0 Å². The number of hydrogen-bond acceptors (Lipinski definition) is 4. The van der Waals surface area contributed by atoms with Crippen LogP contribution in [0.15, 0.2) is 10.6 Å². The van der Waals surface area contributed by atoms with Gasteiger partial charge >= 0.3 is 0 Å². The molecule has 4 nitrogen and oxygen atoms in total. The van der Waals surface area contributed by atoms with Crippen LogP contribution < -0.4 is 5.32 Å². The van der Waals surface area contributed by atoms with Gasteiger partial charge in [0.1, 0.15) is 6.10 Å². The Hall–Kier alpha value is -0.870. The van der Waals surface area contributed by atoms with Gasteiger partial charge in [-0.05, 0) is 19.4 Å². The number of hydrogen-bond donors (Lipinski definition) is 1. The van der Waals surface area contributed by atoms with E-state index in [2.05, 4.69) is 17.2 Å². The number of nitrogens with zero attached hydrogens (tertiary/aromatic N) is 1. The molecule has 1 atom stereocenters. The second-order valence-electron chi connectivity index (χ2n) is 3.44. The van der Waals surface area contributed by atoms with Crippen LogP contribution in [0, 0.1) is 0 Å². The van der Waals surface area contributed by atoms with Crippen LogP contribution in [-0.2, 0) is 11.3 Å². The molecule has 1 aliphatic heterocycles. The van der Waals surface area contributed by atoms with Crippen LogP contribution in [0.5, 0.6) is 0 Å². The second-order valence-corrected chi connectivity index (χ2v) is 3.44. The van der Waals surface area contributed by atoms with Crippen molar-refractivity contribution in [3.8, 4) is 0 Å². The minimum absolute atomic E-state index is 0.137. The maximum Gasteiger partial charge on any atom is 0.208 e. The lowest BCUT2D eigenvalue weighted by Crippen LogP contribution is -2.11. The lowest BCUT2D eigenvalue weighted by Gasteiger charge is -2.03. The Morgan fingerprint density at radius 2 is 2.57 bits per heavy atom. The number of aromatic nitrogens is 1. The molecule has 1 N–H and O–H groups in total. The molecule has 4 heteroatoms. The van der Waals surface area contributed by atoms with Crippen molar-refractivity contribution in [2.75, 3.05) is 13.2 Å². The van der Waals surface area contributed by atoms with Crippen LogP contribution >= 0.6 is 0 Å². The van der Waals surface area contributed by atoms with Gasteiger partial charge in [0.25, 0.3) is 0 Å².